The Hall–Kier alpha value is -1.04. The van der Waals surface area contributed by atoms with E-state index < -0.39 is 31.7 Å². The monoisotopic (exact) mass is 473 g/mol. The molecule has 0 amide bonds. The second-order valence-corrected chi connectivity index (χ2v) is 8.31. The Morgan fingerprint density at radius 3 is 2.70 bits per heavy atom. The second kappa shape index (κ2) is 5.50. The van der Waals surface area contributed by atoms with Crippen LogP contribution in [0.2, 0.25) is 5.02 Å². The number of aliphatic hydroxyl groups excluding tert-OH is 1. The summed E-state index contributed by atoms with van der Waals surface area (Å²) in [6.45, 7) is 0. The van der Waals surface area contributed by atoms with E-state index in [-0.39, 0.29) is 10.8 Å². The average molecular weight is 474 g/mol. The number of hydrogen-bond acceptors (Lipinski definition) is 5. The molecule has 0 radical (unpaired) electrons. The van der Waals surface area contributed by atoms with E-state index in [2.05, 4.69) is 4.98 Å². The van der Waals surface area contributed by atoms with Crippen molar-refractivity contribution in [3.8, 4) is 11.5 Å². The number of ether oxygens (including phenoxy) is 1. The van der Waals surface area contributed by atoms with Gasteiger partial charge in [-0.3, -0.25) is 4.98 Å². The van der Waals surface area contributed by atoms with E-state index in [0.29, 0.717) is 5.75 Å². The zero-order valence-electron chi connectivity index (χ0n) is 11.0. The van der Waals surface area contributed by atoms with Crippen LogP contribution in [0.25, 0.3) is 0 Å². The van der Waals surface area contributed by atoms with E-state index in [1.807, 2.05) is 22.6 Å². The van der Waals surface area contributed by atoms with E-state index in [0.717, 1.165) is 15.7 Å². The first-order valence-electron chi connectivity index (χ1n) is 6.07. The first-order chi connectivity index (χ1) is 10.7. The molecule has 1 aliphatic rings. The molecule has 1 N–H and O–H groups in total. The van der Waals surface area contributed by atoms with Crippen LogP contribution in [0.1, 0.15) is 11.7 Å². The molecule has 0 spiro atoms. The first kappa shape index (κ1) is 16.8. The van der Waals surface area contributed by atoms with Crippen LogP contribution in [0.5, 0.6) is 11.5 Å². The van der Waals surface area contributed by atoms with E-state index in [9.17, 15) is 22.3 Å². The number of rotatable bonds is 2. The number of hydrogen-bond donors (Lipinski definition) is 1. The average Bonchev–Trinajstić information content (AvgIpc) is 2.60. The summed E-state index contributed by atoms with van der Waals surface area (Å²) in [7, 11) is -4.99. The Bertz CT molecular complexity index is 907. The largest absolute Gasteiger partial charge is 0.454 e. The summed E-state index contributed by atoms with van der Waals surface area (Å²) in [6, 6.07) is 3.73. The molecule has 122 valence electrons. The van der Waals surface area contributed by atoms with Crippen molar-refractivity contribution in [1.29, 1.82) is 0 Å². The SMILES string of the molecule is O=S1(=O)c2ccc(Oc3cncc(I)c3)c(Cl)c2[C@@H](O)C1(F)F. The van der Waals surface area contributed by atoms with E-state index in [4.69, 9.17) is 16.3 Å². The van der Waals surface area contributed by atoms with Crippen LogP contribution < -0.4 is 4.74 Å². The molecule has 10 heteroatoms. The first-order valence-corrected chi connectivity index (χ1v) is 9.01. The van der Waals surface area contributed by atoms with Crippen LogP contribution in [-0.4, -0.2) is 23.8 Å². The van der Waals surface area contributed by atoms with Gasteiger partial charge >= 0.3 is 5.25 Å². The zero-order valence-corrected chi connectivity index (χ0v) is 14.7. The van der Waals surface area contributed by atoms with Crippen LogP contribution in [0.15, 0.2) is 35.5 Å². The highest BCUT2D eigenvalue weighted by Gasteiger charge is 2.61. The number of nitrogens with zero attached hydrogens (tertiary/aromatic N) is 1. The van der Waals surface area contributed by atoms with Crippen LogP contribution in [0.3, 0.4) is 0 Å². The number of fused-ring (bicyclic) bond motifs is 1. The number of sulfone groups is 1. The maximum absolute atomic E-state index is 13.8. The van der Waals surface area contributed by atoms with Crippen LogP contribution in [-0.2, 0) is 9.84 Å². The molecule has 1 aliphatic heterocycles. The minimum atomic E-state index is -4.99. The summed E-state index contributed by atoms with van der Waals surface area (Å²) in [4.78, 5) is 3.20. The number of aliphatic hydroxyl groups is 1. The lowest BCUT2D eigenvalue weighted by Crippen LogP contribution is -2.28. The summed E-state index contributed by atoms with van der Waals surface area (Å²) in [5.74, 6) is 0.238. The Labute approximate surface area is 148 Å². The van der Waals surface area contributed by atoms with Crippen molar-refractivity contribution in [1.82, 2.24) is 4.98 Å². The third-order valence-corrected chi connectivity index (χ3v) is 6.11. The van der Waals surface area contributed by atoms with Gasteiger partial charge in [0.1, 0.15) is 11.5 Å². The third-order valence-electron chi connectivity index (χ3n) is 3.25. The van der Waals surface area contributed by atoms with Gasteiger partial charge in [0.2, 0.25) is 9.84 Å². The van der Waals surface area contributed by atoms with Crippen LogP contribution in [0, 0.1) is 3.57 Å². The molecule has 2 heterocycles. The predicted molar refractivity (Wildman–Crippen MR) is 85.6 cm³/mol. The molecule has 0 unspecified atom stereocenters. The smallest absolute Gasteiger partial charge is 0.379 e. The fourth-order valence-corrected chi connectivity index (χ4v) is 4.45. The third kappa shape index (κ3) is 2.49. The van der Waals surface area contributed by atoms with Gasteiger partial charge in [0.25, 0.3) is 0 Å². The molecule has 3 rings (SSSR count). The molecule has 2 aromatic rings. The summed E-state index contributed by atoms with van der Waals surface area (Å²) < 4.78 is 57.2. The van der Waals surface area contributed by atoms with E-state index >= 15 is 0 Å². The molecule has 5 nitrogen and oxygen atoms in total. The highest BCUT2D eigenvalue weighted by Crippen LogP contribution is 2.53. The van der Waals surface area contributed by atoms with Crippen LogP contribution >= 0.6 is 34.2 Å². The minimum Gasteiger partial charge on any atom is -0.454 e. The maximum Gasteiger partial charge on any atom is 0.379 e. The number of pyridine rings is 1. The molecule has 0 saturated heterocycles. The number of benzene rings is 1. The number of aromatic nitrogens is 1. The molecule has 1 aromatic carbocycles. The summed E-state index contributed by atoms with van der Waals surface area (Å²) in [5.41, 5.74) is -0.562. The van der Waals surface area contributed by atoms with Crippen molar-refractivity contribution in [3.63, 3.8) is 0 Å². The molecule has 0 bridgehead atoms. The molecular formula is C13H7ClF2INO4S. The van der Waals surface area contributed by atoms with Gasteiger partial charge in [-0.2, -0.15) is 8.78 Å². The molecule has 1 atom stereocenters. The van der Waals surface area contributed by atoms with Gasteiger partial charge in [-0.25, -0.2) is 8.42 Å². The Morgan fingerprint density at radius 1 is 1.35 bits per heavy atom. The molecule has 1 aromatic heterocycles. The van der Waals surface area contributed by atoms with Crippen LogP contribution in [0.4, 0.5) is 8.78 Å². The normalized spacial score (nSPS) is 21.0. The van der Waals surface area contributed by atoms with E-state index in [1.165, 1.54) is 6.20 Å². The quantitative estimate of drug-likeness (QED) is 0.675. The lowest BCUT2D eigenvalue weighted by molar-refractivity contribution is -0.0375. The summed E-state index contributed by atoms with van der Waals surface area (Å²) >= 11 is 7.99. The highest BCUT2D eigenvalue weighted by molar-refractivity contribution is 14.1. The minimum absolute atomic E-state index is 0.0545. The van der Waals surface area contributed by atoms with Gasteiger partial charge in [-0.15, -0.1) is 0 Å². The zero-order chi connectivity index (χ0) is 17.0. The van der Waals surface area contributed by atoms with Crippen molar-refractivity contribution in [3.05, 3.63) is 44.7 Å². The number of halogens is 4. The van der Waals surface area contributed by atoms with Crippen molar-refractivity contribution < 1.29 is 27.0 Å². The summed E-state index contributed by atoms with van der Waals surface area (Å²) in [6.07, 6.45) is 0.412. The lowest BCUT2D eigenvalue weighted by Gasteiger charge is -2.13. The Balaban J connectivity index is 2.11. The molecule has 0 saturated carbocycles. The Morgan fingerprint density at radius 2 is 2.04 bits per heavy atom. The van der Waals surface area contributed by atoms with Crippen molar-refractivity contribution in [2.75, 3.05) is 0 Å². The second-order valence-electron chi connectivity index (χ2n) is 4.70. The molecule has 0 aliphatic carbocycles. The van der Waals surface area contributed by atoms with Gasteiger partial charge in [0.15, 0.2) is 6.10 Å². The van der Waals surface area contributed by atoms with Gasteiger partial charge in [-0.1, -0.05) is 11.6 Å². The topological polar surface area (TPSA) is 76.5 Å². The predicted octanol–water partition coefficient (Wildman–Crippen LogP) is 3.55. The van der Waals surface area contributed by atoms with Crippen molar-refractivity contribution in [2.45, 2.75) is 16.3 Å². The highest BCUT2D eigenvalue weighted by atomic mass is 127. The fourth-order valence-electron chi connectivity index (χ4n) is 2.16. The maximum atomic E-state index is 13.8. The fraction of sp³-hybridized carbons (Fsp3) is 0.154. The summed E-state index contributed by atoms with van der Waals surface area (Å²) in [5, 5.41) is 4.97. The lowest BCUT2D eigenvalue weighted by atomic mass is 10.1. The van der Waals surface area contributed by atoms with Gasteiger partial charge in [0.05, 0.1) is 16.1 Å². The van der Waals surface area contributed by atoms with Gasteiger partial charge in [0, 0.05) is 15.3 Å². The molecule has 23 heavy (non-hydrogen) atoms. The standard InChI is InChI=1S/C13H7ClF2INO4S/c14-11-8(22-7-3-6(17)4-18-5-7)1-2-9-10(11)12(19)13(15,16)23(9,20)21/h1-5,12,19H/t12-/m1/s1. The van der Waals surface area contributed by atoms with Gasteiger partial charge in [-0.05, 0) is 40.8 Å². The van der Waals surface area contributed by atoms with Crippen molar-refractivity contribution in [2.24, 2.45) is 0 Å². The van der Waals surface area contributed by atoms with E-state index in [1.54, 1.807) is 12.3 Å². The van der Waals surface area contributed by atoms with Crippen molar-refractivity contribution >= 4 is 44.0 Å². The molecular weight excluding hydrogens is 467 g/mol. The van der Waals surface area contributed by atoms with Gasteiger partial charge < -0.3 is 9.84 Å². The molecule has 0 fully saturated rings. The Kier molecular flexibility index (Phi) is 4.02. The number of alkyl halides is 2.